The van der Waals surface area contributed by atoms with E-state index in [1.54, 1.807) is 37.5 Å². The fraction of sp³-hybridized carbons (Fsp3) is 0.277. The normalized spacial score (nSPS) is 19.4. The molecule has 1 unspecified atom stereocenters. The highest BCUT2D eigenvalue weighted by Crippen LogP contribution is 2.49. The molecule has 434 valence electrons. The van der Waals surface area contributed by atoms with Crippen LogP contribution in [0.4, 0.5) is 5.82 Å². The number of amides is 1. The summed E-state index contributed by atoms with van der Waals surface area (Å²) in [4.78, 5) is 55.9. The monoisotopic (exact) mass is 1180 g/mol. The second-order valence-electron chi connectivity index (χ2n) is 21.9. The number of hydrogen-bond acceptors (Lipinski definition) is 14. The summed E-state index contributed by atoms with van der Waals surface area (Å²) in [7, 11) is -5.58. The predicted octanol–water partition coefficient (Wildman–Crippen LogP) is 10.0. The van der Waals surface area contributed by atoms with Gasteiger partial charge in [-0.25, -0.2) is 19.7 Å². The van der Waals surface area contributed by atoms with E-state index >= 15 is 0 Å². The molecule has 2 aliphatic rings. The first kappa shape index (κ1) is 58.6. The third-order valence-electron chi connectivity index (χ3n) is 15.5. The average molecular weight is 1180 g/mol. The Kier molecular flexibility index (Phi) is 17.9. The molecule has 1 amide bonds. The largest absolute Gasteiger partial charge is 0.402 e. The van der Waals surface area contributed by atoms with Crippen LogP contribution >= 0.6 is 8.60 Å². The molecule has 0 spiro atoms. The number of nitrogens with one attached hydrogen (secondary N) is 2. The van der Waals surface area contributed by atoms with Crippen molar-refractivity contribution in [3.05, 3.63) is 249 Å². The zero-order valence-electron chi connectivity index (χ0n) is 47.5. The van der Waals surface area contributed by atoms with Gasteiger partial charge in [-0.05, 0) is 51.2 Å². The minimum Gasteiger partial charge on any atom is -0.402 e. The van der Waals surface area contributed by atoms with Gasteiger partial charge in [0.1, 0.15) is 36.6 Å². The molecule has 5 heterocycles. The maximum absolute atomic E-state index is 13.6. The van der Waals surface area contributed by atoms with E-state index in [9.17, 15) is 19.6 Å². The number of benzene rings is 6. The fourth-order valence-electron chi connectivity index (χ4n) is 11.4. The lowest BCUT2D eigenvalue weighted by Gasteiger charge is -2.45. The molecule has 6 aromatic carbocycles. The topological polar surface area (TPSA) is 216 Å². The van der Waals surface area contributed by atoms with Crippen molar-refractivity contribution in [2.45, 2.75) is 94.5 Å². The Balaban J connectivity index is 0.944. The van der Waals surface area contributed by atoms with Crippen molar-refractivity contribution in [2.75, 3.05) is 25.1 Å². The molecule has 2 saturated heterocycles. The molecule has 0 bridgehead atoms. The third kappa shape index (κ3) is 12.4. The lowest BCUT2D eigenvalue weighted by atomic mass is 9.80. The van der Waals surface area contributed by atoms with Gasteiger partial charge in [0.15, 0.2) is 17.0 Å². The van der Waals surface area contributed by atoms with Crippen LogP contribution in [-0.4, -0.2) is 87.5 Å². The maximum atomic E-state index is 13.6. The molecule has 0 radical (unpaired) electrons. The lowest BCUT2D eigenvalue weighted by molar-refractivity contribution is -0.0939. The van der Waals surface area contributed by atoms with E-state index in [0.29, 0.717) is 28.7 Å². The smallest absolute Gasteiger partial charge is 0.333 e. The molecule has 11 rings (SSSR count). The summed E-state index contributed by atoms with van der Waals surface area (Å²) in [6.07, 6.45) is 0.251. The van der Waals surface area contributed by atoms with Gasteiger partial charge in [-0.2, -0.15) is 5.26 Å². The van der Waals surface area contributed by atoms with Crippen LogP contribution in [-0.2, 0) is 37.8 Å². The van der Waals surface area contributed by atoms with E-state index < -0.39 is 75.7 Å². The Hall–Kier alpha value is -8.12. The van der Waals surface area contributed by atoms with Crippen LogP contribution < -0.4 is 26.9 Å². The molecule has 0 saturated carbocycles. The standard InChI is InChI=1S/C65H65N8O10PSi/c1-45-40-72(63(76)71-61(45)74)56-38-52(54(80-56)41-77-65(47-26-13-6-14-27-47,48-28-15-7-16-29-48)49-30-17-8-18-31-49)82-84(78-37-23-36-66)79-42-55-53(83-85(64(2,3)4,50-32-19-9-20-33-50)51-34-21-10-22-35-51)39-57(81-55)73-44-69-58-59(67-43-68-60(58)73)70-62(75)46-24-11-5-12-25-46/h5-22,24-35,40,43-44,52-57H,23,37-39,41-42H2,1-4H3,(H,71,74,76)(H,67,68,70,75)/t52-,53-,54+,55+,56+,57+,84?/m0/s1. The van der Waals surface area contributed by atoms with Gasteiger partial charge in [-0.3, -0.25) is 23.7 Å². The van der Waals surface area contributed by atoms with Crippen LogP contribution in [0.5, 0.6) is 0 Å². The van der Waals surface area contributed by atoms with Gasteiger partial charge in [0, 0.05) is 30.2 Å². The Morgan fingerprint density at radius 3 is 1.80 bits per heavy atom. The highest BCUT2D eigenvalue weighted by molar-refractivity contribution is 7.41. The molecule has 20 heteroatoms. The number of carbonyl (C=O) groups is 1. The summed E-state index contributed by atoms with van der Waals surface area (Å²) in [5.41, 5.74) is 1.87. The van der Waals surface area contributed by atoms with Gasteiger partial charge < -0.3 is 37.5 Å². The number of carbonyl (C=O) groups excluding carboxylic acids is 1. The zero-order chi connectivity index (χ0) is 59.0. The second kappa shape index (κ2) is 26.0. The van der Waals surface area contributed by atoms with E-state index in [1.165, 1.54) is 17.1 Å². The molecule has 0 aliphatic carbocycles. The van der Waals surface area contributed by atoms with Gasteiger partial charge in [0.05, 0.1) is 50.8 Å². The average Bonchev–Trinajstić information content (AvgIpc) is 2.84. The Morgan fingerprint density at radius 2 is 1.24 bits per heavy atom. The van der Waals surface area contributed by atoms with E-state index in [2.05, 4.69) is 71.4 Å². The molecule has 3 aromatic heterocycles. The Labute approximate surface area is 494 Å². The summed E-state index contributed by atoms with van der Waals surface area (Å²) in [6, 6.07) is 61.5. The summed E-state index contributed by atoms with van der Waals surface area (Å²) in [5, 5.41) is 14.4. The number of H-pyrrole nitrogens is 1. The molecule has 9 aromatic rings. The van der Waals surface area contributed by atoms with Gasteiger partial charge in [0.2, 0.25) is 0 Å². The predicted molar refractivity (Wildman–Crippen MR) is 324 cm³/mol. The van der Waals surface area contributed by atoms with E-state index in [4.69, 9.17) is 37.2 Å². The minimum absolute atomic E-state index is 0.0297. The van der Waals surface area contributed by atoms with Gasteiger partial charge >= 0.3 is 14.3 Å². The number of rotatable bonds is 22. The number of hydrogen-bond donors (Lipinski definition) is 2. The minimum atomic E-state index is -3.26. The quantitative estimate of drug-likeness (QED) is 0.0280. The van der Waals surface area contributed by atoms with Gasteiger partial charge in [-0.15, -0.1) is 0 Å². The highest BCUT2D eigenvalue weighted by Gasteiger charge is 2.54. The summed E-state index contributed by atoms with van der Waals surface area (Å²) >= 11 is 0. The van der Waals surface area contributed by atoms with Crippen molar-refractivity contribution >= 4 is 50.2 Å². The maximum Gasteiger partial charge on any atom is 0.333 e. The number of aromatic nitrogens is 6. The number of imidazole rings is 1. The molecular formula is C65H65N8O10PSi. The number of aryl methyl sites for hydroxylation is 1. The number of nitriles is 1. The summed E-state index contributed by atoms with van der Waals surface area (Å²) < 4.78 is 52.5. The van der Waals surface area contributed by atoms with Crippen LogP contribution in [0.2, 0.25) is 5.04 Å². The van der Waals surface area contributed by atoms with Crippen molar-refractivity contribution < 1.29 is 37.0 Å². The summed E-state index contributed by atoms with van der Waals surface area (Å²) in [5.74, 6) is -0.112. The first-order chi connectivity index (χ1) is 41.4. The van der Waals surface area contributed by atoms with Crippen molar-refractivity contribution in [3.63, 3.8) is 0 Å². The number of nitrogens with zero attached hydrogens (tertiary/aromatic N) is 6. The molecule has 2 N–H and O–H groups in total. The van der Waals surface area contributed by atoms with E-state index in [1.807, 2.05) is 138 Å². The van der Waals surface area contributed by atoms with Crippen LogP contribution in [0.15, 0.2) is 210 Å². The Morgan fingerprint density at radius 1 is 0.706 bits per heavy atom. The number of fused-ring (bicyclic) bond motifs is 1. The number of ether oxygens (including phenoxy) is 3. The SMILES string of the molecule is Cc1cn([C@H]2C[C@H](OP(OCCC#N)OC[C@H]3O[C@@H](n4cnc5c(NC(=O)c6ccccc6)ncnc54)C[C@@H]3O[Si](c3ccccc3)(c3ccccc3)C(C)(C)C)[C@@H](COC(c3ccccc3)(c3ccccc3)c3ccccc3)O2)c(=O)[nH]c1=O. The van der Waals surface area contributed by atoms with Crippen LogP contribution in [0.25, 0.3) is 11.2 Å². The van der Waals surface area contributed by atoms with Crippen molar-refractivity contribution in [1.82, 2.24) is 29.1 Å². The fourth-order valence-corrected chi connectivity index (χ4v) is 17.3. The van der Waals surface area contributed by atoms with Gasteiger partial charge in [-0.1, -0.05) is 191 Å². The van der Waals surface area contributed by atoms with Gasteiger partial charge in [0.25, 0.3) is 19.8 Å². The first-order valence-electron chi connectivity index (χ1n) is 28.2. The van der Waals surface area contributed by atoms with Crippen molar-refractivity contribution in [1.29, 1.82) is 5.26 Å². The summed E-state index contributed by atoms with van der Waals surface area (Å²) in [6.45, 7) is 8.07. The molecule has 85 heavy (non-hydrogen) atoms. The molecule has 2 aliphatic heterocycles. The van der Waals surface area contributed by atoms with E-state index in [-0.39, 0.29) is 44.4 Å². The van der Waals surface area contributed by atoms with Crippen molar-refractivity contribution in [2.24, 2.45) is 0 Å². The van der Waals surface area contributed by atoms with Crippen LogP contribution in [0.3, 0.4) is 0 Å². The number of anilines is 1. The molecule has 7 atom stereocenters. The zero-order valence-corrected chi connectivity index (χ0v) is 49.4. The first-order valence-corrected chi connectivity index (χ1v) is 31.2. The second-order valence-corrected chi connectivity index (χ2v) is 27.3. The molecular weight excluding hydrogens is 1110 g/mol. The molecule has 2 fully saturated rings. The third-order valence-corrected chi connectivity index (χ3v) is 21.7. The van der Waals surface area contributed by atoms with E-state index in [0.717, 1.165) is 27.1 Å². The highest BCUT2D eigenvalue weighted by atomic mass is 31.2. The van der Waals surface area contributed by atoms with Crippen LogP contribution in [0, 0.1) is 18.3 Å². The van der Waals surface area contributed by atoms with Crippen LogP contribution in [0.1, 0.15) is 85.1 Å². The number of aromatic amines is 1. The Bertz CT molecular complexity index is 3720. The van der Waals surface area contributed by atoms with Crippen molar-refractivity contribution in [3.8, 4) is 6.07 Å². The molecule has 18 nitrogen and oxygen atoms in total. The lowest BCUT2D eigenvalue weighted by Crippen LogP contribution is -2.68.